The zero-order valence-corrected chi connectivity index (χ0v) is 26.9. The summed E-state index contributed by atoms with van der Waals surface area (Å²) in [5, 5.41) is 10.3. The van der Waals surface area contributed by atoms with Crippen molar-refractivity contribution in [2.24, 2.45) is 11.8 Å². The van der Waals surface area contributed by atoms with Crippen LogP contribution in [0.1, 0.15) is 74.8 Å². The molecule has 0 amide bonds. The lowest BCUT2D eigenvalue weighted by Crippen LogP contribution is -2.30. The van der Waals surface area contributed by atoms with Crippen molar-refractivity contribution in [1.29, 1.82) is 5.26 Å². The van der Waals surface area contributed by atoms with Gasteiger partial charge in [-0.05, 0) is 95.5 Å². The molecule has 0 N–H and O–H groups in total. The van der Waals surface area contributed by atoms with Crippen molar-refractivity contribution in [3.05, 3.63) is 121 Å². The zero-order chi connectivity index (χ0) is 30.8. The van der Waals surface area contributed by atoms with Gasteiger partial charge in [-0.1, -0.05) is 80.8 Å². The van der Waals surface area contributed by atoms with Crippen LogP contribution < -0.4 is 4.74 Å². The van der Waals surface area contributed by atoms with E-state index in [9.17, 15) is 14.0 Å². The van der Waals surface area contributed by atoms with Crippen LogP contribution in [0.3, 0.4) is 0 Å². The second-order valence-corrected chi connectivity index (χ2v) is 13.3. The molecule has 3 aromatic rings. The van der Waals surface area contributed by atoms with Crippen LogP contribution in [0.4, 0.5) is 8.78 Å². The van der Waals surface area contributed by atoms with Gasteiger partial charge in [0.25, 0.3) is 0 Å². The smallest absolute Gasteiger partial charge is 0.165 e. The minimum Gasteiger partial charge on any atom is -0.494 e. The maximum atomic E-state index is 14.5. The van der Waals surface area contributed by atoms with Crippen molar-refractivity contribution in [1.82, 2.24) is 0 Å². The highest BCUT2D eigenvalue weighted by Crippen LogP contribution is 2.49. The maximum Gasteiger partial charge on any atom is 0.165 e. The van der Waals surface area contributed by atoms with Crippen molar-refractivity contribution in [2.75, 3.05) is 7.11 Å². The monoisotopic (exact) mass is 605 g/mol. The molecule has 42 heavy (non-hydrogen) atoms. The van der Waals surface area contributed by atoms with Crippen molar-refractivity contribution >= 4 is 23.4 Å². The quantitative estimate of drug-likeness (QED) is 0.251. The van der Waals surface area contributed by atoms with Crippen LogP contribution in [0.25, 0.3) is 0 Å². The van der Waals surface area contributed by atoms with Gasteiger partial charge in [0, 0.05) is 16.2 Å². The molecule has 0 aliphatic heterocycles. The summed E-state index contributed by atoms with van der Waals surface area (Å²) in [6.07, 6.45) is 3.10. The molecule has 6 heteroatoms. The predicted octanol–water partition coefficient (Wildman–Crippen LogP) is 10.7. The molecule has 1 aliphatic rings. The first-order valence-corrected chi connectivity index (χ1v) is 15.6. The van der Waals surface area contributed by atoms with Gasteiger partial charge >= 0.3 is 0 Å². The third-order valence-corrected chi connectivity index (χ3v) is 10.4. The van der Waals surface area contributed by atoms with Gasteiger partial charge in [0.1, 0.15) is 11.9 Å². The number of nitriles is 1. The van der Waals surface area contributed by atoms with Gasteiger partial charge in [-0.2, -0.15) is 5.26 Å². The SMILES string of the molecule is COc1cc(C2CC(SCc3ccc(C)cc3Cl)=C(C)C(C)C=C(C(C)(C)c3ccc(F)c(C#N)c3)C2C)ccc1F. The third kappa shape index (κ3) is 6.61. The minimum absolute atomic E-state index is 0.0133. The summed E-state index contributed by atoms with van der Waals surface area (Å²) in [5.41, 5.74) is 6.12. The molecule has 0 heterocycles. The Hall–Kier alpha value is -3.07. The number of methoxy groups -OCH3 is 1. The summed E-state index contributed by atoms with van der Waals surface area (Å²) in [4.78, 5) is 1.29. The molecule has 3 aromatic carbocycles. The van der Waals surface area contributed by atoms with E-state index >= 15 is 0 Å². The zero-order valence-electron chi connectivity index (χ0n) is 25.3. The Morgan fingerprint density at radius 2 is 1.74 bits per heavy atom. The molecule has 0 bridgehead atoms. The molecular weight excluding hydrogens is 568 g/mol. The number of hydrogen-bond donors (Lipinski definition) is 0. The second-order valence-electron chi connectivity index (χ2n) is 11.8. The van der Waals surface area contributed by atoms with Crippen molar-refractivity contribution in [3.63, 3.8) is 0 Å². The Balaban J connectivity index is 1.84. The lowest BCUT2D eigenvalue weighted by atomic mass is 9.65. The number of nitrogens with zero attached hydrogens (tertiary/aromatic N) is 1. The van der Waals surface area contributed by atoms with Crippen LogP contribution in [-0.2, 0) is 11.2 Å². The summed E-state index contributed by atoms with van der Waals surface area (Å²) >= 11 is 8.41. The van der Waals surface area contributed by atoms with Gasteiger partial charge in [0.2, 0.25) is 0 Å². The number of thioether (sulfide) groups is 1. The normalized spacial score (nSPS) is 19.5. The van der Waals surface area contributed by atoms with E-state index in [-0.39, 0.29) is 29.1 Å². The van der Waals surface area contributed by atoms with Gasteiger partial charge in [-0.15, -0.1) is 11.8 Å². The molecule has 4 rings (SSSR count). The van der Waals surface area contributed by atoms with E-state index < -0.39 is 17.0 Å². The summed E-state index contributed by atoms with van der Waals surface area (Å²) in [5.74, 6) is 0.265. The fourth-order valence-electron chi connectivity index (χ4n) is 5.92. The Labute approximate surface area is 258 Å². The first kappa shape index (κ1) is 31.9. The van der Waals surface area contributed by atoms with E-state index in [2.05, 4.69) is 52.8 Å². The van der Waals surface area contributed by atoms with E-state index in [1.807, 2.05) is 43.0 Å². The highest BCUT2D eigenvalue weighted by atomic mass is 35.5. The Morgan fingerprint density at radius 3 is 2.40 bits per heavy atom. The summed E-state index contributed by atoms with van der Waals surface area (Å²) in [7, 11) is 1.48. The summed E-state index contributed by atoms with van der Waals surface area (Å²) < 4.78 is 34.2. The van der Waals surface area contributed by atoms with Crippen molar-refractivity contribution < 1.29 is 13.5 Å². The number of ether oxygens (including phenoxy) is 1. The summed E-state index contributed by atoms with van der Waals surface area (Å²) in [6.45, 7) is 12.9. The van der Waals surface area contributed by atoms with E-state index in [0.29, 0.717) is 0 Å². The molecule has 3 atom stereocenters. The van der Waals surface area contributed by atoms with Crippen molar-refractivity contribution in [2.45, 2.75) is 65.0 Å². The molecule has 0 saturated carbocycles. The molecule has 0 radical (unpaired) electrons. The molecule has 0 saturated heterocycles. The molecule has 0 aromatic heterocycles. The molecule has 0 fully saturated rings. The molecule has 220 valence electrons. The average Bonchev–Trinajstić information content (AvgIpc) is 2.96. The number of allylic oxidation sites excluding steroid dienone is 4. The topological polar surface area (TPSA) is 33.0 Å². The van der Waals surface area contributed by atoms with E-state index in [1.54, 1.807) is 12.1 Å². The van der Waals surface area contributed by atoms with Gasteiger partial charge < -0.3 is 4.74 Å². The highest BCUT2D eigenvalue weighted by Gasteiger charge is 2.36. The van der Waals surface area contributed by atoms with Crippen LogP contribution in [0.15, 0.2) is 76.7 Å². The second kappa shape index (κ2) is 13.1. The minimum atomic E-state index is -0.518. The van der Waals surface area contributed by atoms with E-state index in [0.717, 1.165) is 39.5 Å². The molecule has 0 spiro atoms. The Bertz CT molecular complexity index is 1590. The van der Waals surface area contributed by atoms with Crippen LogP contribution in [0, 0.1) is 41.7 Å². The fraction of sp³-hybridized carbons (Fsp3) is 0.361. The van der Waals surface area contributed by atoms with Gasteiger partial charge in [0.15, 0.2) is 11.6 Å². The predicted molar refractivity (Wildman–Crippen MR) is 171 cm³/mol. The van der Waals surface area contributed by atoms with Gasteiger partial charge in [-0.3, -0.25) is 0 Å². The molecule has 1 aliphatic carbocycles. The first-order valence-electron chi connectivity index (χ1n) is 14.2. The molecule has 2 nitrogen and oxygen atoms in total. The average molecular weight is 606 g/mol. The molecule has 3 unspecified atom stereocenters. The third-order valence-electron chi connectivity index (χ3n) is 8.80. The van der Waals surface area contributed by atoms with E-state index in [1.165, 1.54) is 35.3 Å². The Kier molecular flexibility index (Phi) is 9.91. The standard InChI is InChI=1S/C36H38ClF2NOS/c1-21-8-9-26(31(37)14-21)20-42-35-18-29(25-10-12-33(39)34(17-25)41-7)24(4)30(15-22(2)23(35)3)36(5,6)28-11-13-32(38)27(16-28)19-40/h8-17,22,24,29H,18,20H2,1-7H3. The molecular formula is C36H38ClF2NOS. The first-order chi connectivity index (χ1) is 19.9. The summed E-state index contributed by atoms with van der Waals surface area (Å²) in [6, 6.07) is 18.1. The van der Waals surface area contributed by atoms with Crippen LogP contribution in [0.5, 0.6) is 5.75 Å². The van der Waals surface area contributed by atoms with Crippen LogP contribution >= 0.6 is 23.4 Å². The number of halogens is 3. The van der Waals surface area contributed by atoms with E-state index in [4.69, 9.17) is 16.3 Å². The van der Waals surface area contributed by atoms with Crippen LogP contribution in [-0.4, -0.2) is 7.11 Å². The number of hydrogen-bond acceptors (Lipinski definition) is 3. The fourth-order valence-corrected chi connectivity index (χ4v) is 7.59. The van der Waals surface area contributed by atoms with Crippen LogP contribution in [0.2, 0.25) is 5.02 Å². The number of benzene rings is 3. The lowest BCUT2D eigenvalue weighted by Gasteiger charge is -2.40. The number of aryl methyl sites for hydroxylation is 1. The van der Waals surface area contributed by atoms with Gasteiger partial charge in [-0.25, -0.2) is 8.78 Å². The lowest BCUT2D eigenvalue weighted by molar-refractivity contribution is 0.383. The Morgan fingerprint density at radius 1 is 1.02 bits per heavy atom. The largest absolute Gasteiger partial charge is 0.494 e. The number of rotatable bonds is 7. The maximum absolute atomic E-state index is 14.5. The highest BCUT2D eigenvalue weighted by molar-refractivity contribution is 8.02. The van der Waals surface area contributed by atoms with Gasteiger partial charge in [0.05, 0.1) is 12.7 Å². The van der Waals surface area contributed by atoms with Crippen molar-refractivity contribution in [3.8, 4) is 11.8 Å².